The van der Waals surface area contributed by atoms with Gasteiger partial charge in [-0.1, -0.05) is 12.8 Å². The highest BCUT2D eigenvalue weighted by atomic mass is 16.3. The molecule has 0 aliphatic carbocycles. The number of hydrogen-bond acceptors (Lipinski definition) is 3. The van der Waals surface area contributed by atoms with E-state index in [0.29, 0.717) is 0 Å². The first-order chi connectivity index (χ1) is 11.6. The van der Waals surface area contributed by atoms with Crippen LogP contribution in [0.25, 0.3) is 0 Å². The second-order valence-corrected chi connectivity index (χ2v) is 6.46. The molecule has 2 unspecified atom stereocenters. The molecule has 2 aromatic heterocycles. The highest BCUT2D eigenvalue weighted by molar-refractivity contribution is 5.75. The zero-order valence-corrected chi connectivity index (χ0v) is 14.4. The first-order valence-corrected chi connectivity index (χ1v) is 8.68. The zero-order valence-electron chi connectivity index (χ0n) is 14.4. The molecule has 3 heterocycles. The van der Waals surface area contributed by atoms with Gasteiger partial charge in [0.1, 0.15) is 11.5 Å². The lowest BCUT2D eigenvalue weighted by Crippen LogP contribution is -2.43. The second-order valence-electron chi connectivity index (χ2n) is 6.46. The molecule has 2 amide bonds. The van der Waals surface area contributed by atoms with Crippen LogP contribution in [-0.4, -0.2) is 22.5 Å². The van der Waals surface area contributed by atoms with Crippen molar-refractivity contribution in [3.63, 3.8) is 0 Å². The molecular weight excluding hydrogens is 302 g/mol. The van der Waals surface area contributed by atoms with Crippen LogP contribution in [0.1, 0.15) is 61.8 Å². The number of aromatic nitrogens is 1. The molecule has 2 atom stereocenters. The zero-order chi connectivity index (χ0) is 16.9. The molecule has 0 radical (unpaired) electrons. The summed E-state index contributed by atoms with van der Waals surface area (Å²) in [6.07, 6.45) is 7.94. The Morgan fingerprint density at radius 2 is 2.04 bits per heavy atom. The maximum absolute atomic E-state index is 12.9. The summed E-state index contributed by atoms with van der Waals surface area (Å²) in [4.78, 5) is 18.9. The van der Waals surface area contributed by atoms with E-state index < -0.39 is 0 Å². The number of pyridine rings is 1. The molecule has 0 saturated carbocycles. The van der Waals surface area contributed by atoms with Gasteiger partial charge in [0.2, 0.25) is 0 Å². The average Bonchev–Trinajstić information content (AvgIpc) is 2.88. The third kappa shape index (κ3) is 3.78. The van der Waals surface area contributed by atoms with Gasteiger partial charge < -0.3 is 14.6 Å². The van der Waals surface area contributed by atoms with Crippen LogP contribution >= 0.6 is 0 Å². The standard InChI is InChI=1S/C19H25N3O2/c1-14-7-8-18(24-14)15(2)21-19(23)22-13-5-3-4-6-17(22)16-9-11-20-12-10-16/h7-12,15,17H,3-6,13H2,1-2H3,(H,21,23). The molecule has 1 saturated heterocycles. The van der Waals surface area contributed by atoms with E-state index in [2.05, 4.69) is 10.3 Å². The van der Waals surface area contributed by atoms with E-state index in [0.717, 1.165) is 49.3 Å². The number of amides is 2. The molecule has 1 aliphatic heterocycles. The molecule has 1 N–H and O–H groups in total. The molecular formula is C19H25N3O2. The highest BCUT2D eigenvalue weighted by Gasteiger charge is 2.28. The minimum absolute atomic E-state index is 0.0275. The van der Waals surface area contributed by atoms with Gasteiger partial charge in [-0.2, -0.15) is 0 Å². The number of urea groups is 1. The molecule has 1 aliphatic rings. The molecule has 5 heteroatoms. The maximum Gasteiger partial charge on any atom is 0.318 e. The van der Waals surface area contributed by atoms with Crippen molar-refractivity contribution in [1.29, 1.82) is 0 Å². The minimum Gasteiger partial charge on any atom is -0.464 e. The number of carbonyl (C=O) groups excluding carboxylic acids is 1. The Morgan fingerprint density at radius 3 is 2.75 bits per heavy atom. The number of carbonyl (C=O) groups is 1. The third-order valence-electron chi connectivity index (χ3n) is 4.63. The fourth-order valence-corrected chi connectivity index (χ4v) is 3.31. The van der Waals surface area contributed by atoms with Gasteiger partial charge in [-0.15, -0.1) is 0 Å². The highest BCUT2D eigenvalue weighted by Crippen LogP contribution is 2.30. The second kappa shape index (κ2) is 7.51. The lowest BCUT2D eigenvalue weighted by atomic mass is 10.0. The molecule has 128 valence electrons. The number of nitrogens with zero attached hydrogens (tertiary/aromatic N) is 2. The van der Waals surface area contributed by atoms with Crippen molar-refractivity contribution >= 4 is 6.03 Å². The van der Waals surface area contributed by atoms with Crippen molar-refractivity contribution in [1.82, 2.24) is 15.2 Å². The van der Waals surface area contributed by atoms with Crippen molar-refractivity contribution in [2.24, 2.45) is 0 Å². The van der Waals surface area contributed by atoms with Crippen LogP contribution in [-0.2, 0) is 0 Å². The van der Waals surface area contributed by atoms with E-state index in [1.54, 1.807) is 12.4 Å². The lowest BCUT2D eigenvalue weighted by Gasteiger charge is -2.31. The summed E-state index contributed by atoms with van der Waals surface area (Å²) in [5, 5.41) is 3.08. The van der Waals surface area contributed by atoms with Crippen LogP contribution in [0.5, 0.6) is 0 Å². The minimum atomic E-state index is -0.146. The van der Waals surface area contributed by atoms with Gasteiger partial charge in [-0.3, -0.25) is 4.98 Å². The molecule has 5 nitrogen and oxygen atoms in total. The Hall–Kier alpha value is -2.30. The van der Waals surface area contributed by atoms with E-state index in [1.807, 2.05) is 43.0 Å². The van der Waals surface area contributed by atoms with E-state index in [1.165, 1.54) is 0 Å². The summed E-state index contributed by atoms with van der Waals surface area (Å²) in [7, 11) is 0. The topological polar surface area (TPSA) is 58.4 Å². The van der Waals surface area contributed by atoms with E-state index >= 15 is 0 Å². The quantitative estimate of drug-likeness (QED) is 0.910. The van der Waals surface area contributed by atoms with Crippen LogP contribution in [0, 0.1) is 6.92 Å². The Kier molecular flexibility index (Phi) is 5.18. The molecule has 1 fully saturated rings. The van der Waals surface area contributed by atoms with Crippen LogP contribution in [0.4, 0.5) is 4.79 Å². The Balaban J connectivity index is 1.74. The number of furan rings is 1. The summed E-state index contributed by atoms with van der Waals surface area (Å²) in [5.74, 6) is 1.65. The number of hydrogen-bond donors (Lipinski definition) is 1. The average molecular weight is 327 g/mol. The number of aryl methyl sites for hydroxylation is 1. The van der Waals surface area contributed by atoms with E-state index in [-0.39, 0.29) is 18.1 Å². The predicted octanol–water partition coefficient (Wildman–Crippen LogP) is 4.37. The van der Waals surface area contributed by atoms with Crippen molar-refractivity contribution in [2.75, 3.05) is 6.54 Å². The monoisotopic (exact) mass is 327 g/mol. The van der Waals surface area contributed by atoms with Gasteiger partial charge in [0.05, 0.1) is 12.1 Å². The van der Waals surface area contributed by atoms with Crippen LogP contribution in [0.2, 0.25) is 0 Å². The van der Waals surface area contributed by atoms with Crippen LogP contribution in [0.15, 0.2) is 41.1 Å². The molecule has 24 heavy (non-hydrogen) atoms. The Morgan fingerprint density at radius 1 is 1.25 bits per heavy atom. The fraction of sp³-hybridized carbons (Fsp3) is 0.474. The first-order valence-electron chi connectivity index (χ1n) is 8.68. The Labute approximate surface area is 143 Å². The first kappa shape index (κ1) is 16.6. The van der Waals surface area contributed by atoms with Crippen molar-refractivity contribution < 1.29 is 9.21 Å². The van der Waals surface area contributed by atoms with Gasteiger partial charge in [-0.25, -0.2) is 4.79 Å². The number of nitrogens with one attached hydrogen (secondary N) is 1. The maximum atomic E-state index is 12.9. The molecule has 0 spiro atoms. The van der Waals surface area contributed by atoms with Gasteiger partial charge in [0, 0.05) is 18.9 Å². The van der Waals surface area contributed by atoms with Crippen molar-refractivity contribution in [2.45, 2.75) is 51.6 Å². The summed E-state index contributed by atoms with van der Waals surface area (Å²) in [6.45, 7) is 4.64. The van der Waals surface area contributed by atoms with E-state index in [4.69, 9.17) is 4.42 Å². The molecule has 0 bridgehead atoms. The molecule has 3 rings (SSSR count). The van der Waals surface area contributed by atoms with Crippen LogP contribution in [0.3, 0.4) is 0 Å². The van der Waals surface area contributed by atoms with E-state index in [9.17, 15) is 4.79 Å². The Bertz CT molecular complexity index is 668. The smallest absolute Gasteiger partial charge is 0.318 e. The van der Waals surface area contributed by atoms with Crippen LogP contribution < -0.4 is 5.32 Å². The van der Waals surface area contributed by atoms with Crippen molar-refractivity contribution in [3.8, 4) is 0 Å². The number of likely N-dealkylation sites (tertiary alicyclic amines) is 1. The predicted molar refractivity (Wildman–Crippen MR) is 92.5 cm³/mol. The fourth-order valence-electron chi connectivity index (χ4n) is 3.31. The van der Waals surface area contributed by atoms with Gasteiger partial charge >= 0.3 is 6.03 Å². The summed E-state index contributed by atoms with van der Waals surface area (Å²) < 4.78 is 5.63. The van der Waals surface area contributed by atoms with Gasteiger partial charge in [-0.05, 0) is 56.5 Å². The van der Waals surface area contributed by atoms with Crippen molar-refractivity contribution in [3.05, 3.63) is 53.7 Å². The summed E-state index contributed by atoms with van der Waals surface area (Å²) in [5.41, 5.74) is 1.16. The lowest BCUT2D eigenvalue weighted by molar-refractivity contribution is 0.171. The normalized spacial score (nSPS) is 19.6. The summed E-state index contributed by atoms with van der Waals surface area (Å²) in [6, 6.07) is 7.80. The van der Waals surface area contributed by atoms with Gasteiger partial charge in [0.15, 0.2) is 0 Å². The number of rotatable bonds is 3. The van der Waals surface area contributed by atoms with Gasteiger partial charge in [0.25, 0.3) is 0 Å². The largest absolute Gasteiger partial charge is 0.464 e. The summed E-state index contributed by atoms with van der Waals surface area (Å²) >= 11 is 0. The SMILES string of the molecule is Cc1ccc(C(C)NC(=O)N2CCCCCC2c2ccncc2)o1. The third-order valence-corrected chi connectivity index (χ3v) is 4.63. The molecule has 2 aromatic rings. The molecule has 0 aromatic carbocycles.